The van der Waals surface area contributed by atoms with Crippen molar-refractivity contribution in [3.63, 3.8) is 0 Å². The predicted octanol–water partition coefficient (Wildman–Crippen LogP) is 25.9. The van der Waals surface area contributed by atoms with Crippen LogP contribution >= 0.6 is 0 Å². The second-order valence-electron chi connectivity index (χ2n) is 30.8. The third kappa shape index (κ3) is 10.9. The van der Waals surface area contributed by atoms with Crippen LogP contribution in [0.25, 0.3) is 122 Å². The number of para-hydroxylation sites is 4. The van der Waals surface area contributed by atoms with Crippen LogP contribution in [0.15, 0.2) is 339 Å². The molecule has 514 valence electrons. The molecule has 2 aromatic heterocycles. The lowest BCUT2D eigenvalue weighted by Crippen LogP contribution is -2.62. The lowest BCUT2D eigenvalue weighted by Gasteiger charge is -2.47. The largest absolute Gasteiger partial charge is 0.310 e. The first kappa shape index (κ1) is 46.4. The molecule has 2 aliphatic heterocycles. The summed E-state index contributed by atoms with van der Waals surface area (Å²) in [6, 6.07) is 54.5. The third-order valence-electron chi connectivity index (χ3n) is 21.1. The summed E-state index contributed by atoms with van der Waals surface area (Å²) in [4.78, 5) is 4.00. The minimum absolute atomic E-state index is 0.0139. The zero-order valence-corrected chi connectivity index (χ0v) is 60.6. The van der Waals surface area contributed by atoms with E-state index in [1.165, 1.54) is 4.57 Å². The monoisotopic (exact) mass is 1400 g/mol. The van der Waals surface area contributed by atoms with Gasteiger partial charge in [0.1, 0.15) is 0 Å². The maximum Gasteiger partial charge on any atom is 0.252 e. The number of hydrogen-bond donors (Lipinski definition) is 0. The van der Waals surface area contributed by atoms with Gasteiger partial charge in [-0.15, -0.1) is 0 Å². The van der Waals surface area contributed by atoms with E-state index in [2.05, 4.69) is 98.7 Å². The minimum atomic E-state index is -1.57. The Balaban J connectivity index is 1.14. The van der Waals surface area contributed by atoms with Gasteiger partial charge in [-0.1, -0.05) is 311 Å². The second-order valence-corrected chi connectivity index (χ2v) is 30.8. The summed E-state index contributed by atoms with van der Waals surface area (Å²) in [6.07, 6.45) is 0. The summed E-state index contributed by atoms with van der Waals surface area (Å²) in [5, 5.41) is -1.29. The molecule has 5 heteroatoms. The van der Waals surface area contributed by atoms with Gasteiger partial charge in [-0.3, -0.25) is 0 Å². The molecule has 17 aromatic rings. The molecule has 0 atom stereocenters. The number of nitrogens with zero attached hydrogens (tertiary/aromatic N) is 4. The number of benzene rings is 15. The van der Waals surface area contributed by atoms with E-state index in [1.54, 1.807) is 6.07 Å². The average molecular weight is 1400 g/mol. The SMILES string of the molecule is [2H]c1c([2H])c(-n2c3c([2H])c([2H])c([2H])c([2H])c3c3c([2H])c([2H])c([2H])c([2H])c32)c([2H])c2c1B1c3c(cc(C(C)(C)C)cc3N(c3c(-c4ccccc4)cc(C(C)(C)C)cc3-c3ccccc3)c3c([2H])c(-n4c5c([2H])c([2H])c([2H])c([2H])c5c5c([2H])c([2H])c([2H])c([2H])c54)c([2H])c(-c4cccc(-c5ccccc5)c4)c31)N2c1c(-c2ccccc2)cc(C(C)(C)C)cc1-c1ccccc1. The Bertz CT molecular complexity index is 7400. The molecule has 19 rings (SSSR count). The number of rotatable bonds is 10. The van der Waals surface area contributed by atoms with Gasteiger partial charge in [0.05, 0.1) is 62.2 Å². The zero-order valence-electron chi connectivity index (χ0n) is 81.6. The van der Waals surface area contributed by atoms with Crippen molar-refractivity contribution in [3.8, 4) is 78.1 Å². The highest BCUT2D eigenvalue weighted by Crippen LogP contribution is 2.56. The average Bonchev–Trinajstić information content (AvgIpc) is 1.34. The summed E-state index contributed by atoms with van der Waals surface area (Å²) >= 11 is 0. The van der Waals surface area contributed by atoms with Crippen molar-refractivity contribution >= 4 is 101 Å². The van der Waals surface area contributed by atoms with Crippen LogP contribution in [0.4, 0.5) is 34.1 Å². The number of anilines is 6. The molecule has 0 saturated carbocycles. The molecule has 4 heterocycles. The van der Waals surface area contributed by atoms with Gasteiger partial charge in [-0.25, -0.2) is 0 Å². The van der Waals surface area contributed by atoms with Gasteiger partial charge < -0.3 is 18.9 Å². The highest BCUT2D eigenvalue weighted by molar-refractivity contribution is 7.01. The van der Waals surface area contributed by atoms with Crippen LogP contribution in [-0.2, 0) is 16.2 Å². The molecule has 2 aliphatic rings. The number of hydrogen-bond acceptors (Lipinski definition) is 2. The first-order valence-electron chi connectivity index (χ1n) is 46.6. The number of aromatic nitrogens is 2. The summed E-state index contributed by atoms with van der Waals surface area (Å²) in [5.74, 6) is 0. The van der Waals surface area contributed by atoms with E-state index in [4.69, 9.17) is 0 Å². The van der Waals surface area contributed by atoms with Gasteiger partial charge in [0, 0.05) is 77.9 Å². The van der Waals surface area contributed by atoms with E-state index in [9.17, 15) is 28.8 Å². The van der Waals surface area contributed by atoms with Crippen LogP contribution in [0, 0.1) is 0 Å². The molecule has 0 spiro atoms. The summed E-state index contributed by atoms with van der Waals surface area (Å²) in [5.41, 5.74) is 7.04. The molecule has 0 aliphatic carbocycles. The molecule has 0 bridgehead atoms. The smallest absolute Gasteiger partial charge is 0.252 e. The van der Waals surface area contributed by atoms with E-state index in [0.717, 1.165) is 21.3 Å². The topological polar surface area (TPSA) is 16.3 Å². The fourth-order valence-corrected chi connectivity index (χ4v) is 15.8. The molecule has 4 nitrogen and oxygen atoms in total. The van der Waals surface area contributed by atoms with E-state index in [-0.39, 0.29) is 60.4 Å². The molecule has 0 saturated heterocycles. The third-order valence-corrected chi connectivity index (χ3v) is 21.1. The lowest BCUT2D eigenvalue weighted by molar-refractivity contribution is 0.590. The van der Waals surface area contributed by atoms with Crippen LogP contribution < -0.4 is 26.2 Å². The molecule has 0 amide bonds. The van der Waals surface area contributed by atoms with Crippen molar-refractivity contribution in [3.05, 3.63) is 356 Å². The standard InChI is InChI=1S/C102H83BN4/c1-100(2,3)73-57-83(67-36-17-11-18-37-67)98(84(58-73)68-38-19-12-20-39-68)106-92-64-76(104-88-50-29-25-46-78(88)79-47-26-30-51-89(79)104)54-55-87(92)103-96-82(72-45-33-44-71(56-72)66-34-15-10-16-35-66)63-77(105-90-52-31-27-48-80(90)81-49-28-32-53-91(81)105)65-95(96)107(94-62-75(102(7,8)9)61-93(106)97(94)103)99-85(69-40-21-13-22-41-69)59-74(101(4,5)6)60-86(99)70-42-23-14-24-43-70/h10-65H,1-9H3/i25D,26D,27D,28D,29D,30D,31D,32D,46D,47D,48D,49D,50D,51D,52D,53D,54D,55D,63D,64D,65D. The first-order valence-corrected chi connectivity index (χ1v) is 36.1. The van der Waals surface area contributed by atoms with Crippen LogP contribution in [0.2, 0.25) is 0 Å². The fourth-order valence-electron chi connectivity index (χ4n) is 15.8. The normalized spacial score (nSPS) is 15.6. The maximum atomic E-state index is 12.2. The van der Waals surface area contributed by atoms with Crippen molar-refractivity contribution in [1.29, 1.82) is 0 Å². The van der Waals surface area contributed by atoms with Crippen LogP contribution in [0.5, 0.6) is 0 Å². The molecular formula is C102H83BN4. The quantitative estimate of drug-likeness (QED) is 0.127. The molecule has 0 radical (unpaired) electrons. The molecule has 107 heavy (non-hydrogen) atoms. The predicted molar refractivity (Wildman–Crippen MR) is 458 cm³/mol. The van der Waals surface area contributed by atoms with Gasteiger partial charge in [0.15, 0.2) is 0 Å². The Kier molecular flexibility index (Phi) is 10.9. The second kappa shape index (κ2) is 25.1. The van der Waals surface area contributed by atoms with Gasteiger partial charge in [0.25, 0.3) is 6.71 Å². The Hall–Kier alpha value is -12.4. The summed E-state index contributed by atoms with van der Waals surface area (Å²) < 4.78 is 216. The summed E-state index contributed by atoms with van der Waals surface area (Å²) in [6.45, 7) is 17.3. The molecule has 15 aromatic carbocycles. The first-order chi connectivity index (χ1) is 60.8. The van der Waals surface area contributed by atoms with Crippen molar-refractivity contribution in [1.82, 2.24) is 9.13 Å². The van der Waals surface area contributed by atoms with E-state index < -0.39 is 172 Å². The van der Waals surface area contributed by atoms with Crippen LogP contribution in [0.3, 0.4) is 0 Å². The summed E-state index contributed by atoms with van der Waals surface area (Å²) in [7, 11) is 0. The lowest BCUT2D eigenvalue weighted by atomic mass is 9.32. The van der Waals surface area contributed by atoms with E-state index in [0.29, 0.717) is 89.4 Å². The fraction of sp³-hybridized carbons (Fsp3) is 0.118. The van der Waals surface area contributed by atoms with Gasteiger partial charge in [-0.05, 0) is 185 Å². The minimum Gasteiger partial charge on any atom is -0.310 e. The van der Waals surface area contributed by atoms with Crippen LogP contribution in [0.1, 0.15) is 108 Å². The van der Waals surface area contributed by atoms with Crippen molar-refractivity contribution in [2.75, 3.05) is 9.80 Å². The Morgan fingerprint density at radius 2 is 0.607 bits per heavy atom. The van der Waals surface area contributed by atoms with Crippen molar-refractivity contribution in [2.45, 2.75) is 78.6 Å². The zero-order chi connectivity index (χ0) is 90.9. The number of fused-ring (bicyclic) bond motifs is 10. The van der Waals surface area contributed by atoms with E-state index >= 15 is 0 Å². The van der Waals surface area contributed by atoms with Crippen LogP contribution in [-0.4, -0.2) is 15.8 Å². The van der Waals surface area contributed by atoms with Gasteiger partial charge in [-0.2, -0.15) is 0 Å². The Labute approximate surface area is 658 Å². The van der Waals surface area contributed by atoms with Gasteiger partial charge >= 0.3 is 0 Å². The van der Waals surface area contributed by atoms with Crippen molar-refractivity contribution in [2.24, 2.45) is 0 Å². The Morgan fingerprint density at radius 1 is 0.271 bits per heavy atom. The van der Waals surface area contributed by atoms with Gasteiger partial charge in [0.2, 0.25) is 0 Å². The molecule has 0 unspecified atom stereocenters. The highest BCUT2D eigenvalue weighted by atomic mass is 15.2. The molecule has 0 fully saturated rings. The van der Waals surface area contributed by atoms with E-state index in [1.807, 2.05) is 180 Å². The molecule has 0 N–H and O–H groups in total. The highest BCUT2D eigenvalue weighted by Gasteiger charge is 2.48. The molecular weight excluding hydrogens is 1290 g/mol. The maximum absolute atomic E-state index is 12.2. The Morgan fingerprint density at radius 3 is 1.01 bits per heavy atom. The van der Waals surface area contributed by atoms with Crippen molar-refractivity contribution < 1.29 is 28.8 Å².